The smallest absolute Gasteiger partial charge is 0.164 e. The zero-order chi connectivity index (χ0) is 8.97. The molecule has 4 heteroatoms. The van der Waals surface area contributed by atoms with E-state index in [9.17, 15) is 4.39 Å². The fraction of sp³-hybridized carbons (Fsp3) is 0.125. The quantitative estimate of drug-likeness (QED) is 0.487. The molecule has 1 heterocycles. The van der Waals surface area contributed by atoms with Crippen molar-refractivity contribution in [2.45, 2.75) is 0 Å². The number of aromatic nitrogens is 1. The van der Waals surface area contributed by atoms with Crippen molar-refractivity contribution in [3.05, 3.63) is 28.8 Å². The summed E-state index contributed by atoms with van der Waals surface area (Å²) in [6, 6.07) is 1.16. The van der Waals surface area contributed by atoms with Crippen LogP contribution in [0.4, 0.5) is 4.39 Å². The van der Waals surface area contributed by atoms with Gasteiger partial charge in [-0.25, -0.2) is 9.37 Å². The lowest BCUT2D eigenvalue weighted by molar-refractivity contribution is 0.350. The second-order valence-electron chi connectivity index (χ2n) is 1.96. The van der Waals surface area contributed by atoms with Crippen LogP contribution >= 0.6 is 11.6 Å². The third-order valence-electron chi connectivity index (χ3n) is 1.11. The molecule has 0 bridgehead atoms. The summed E-state index contributed by atoms with van der Waals surface area (Å²) in [5.74, 6) is 4.26. The van der Waals surface area contributed by atoms with Crippen LogP contribution in [0, 0.1) is 17.7 Å². The van der Waals surface area contributed by atoms with E-state index >= 15 is 0 Å². The molecular formula is C8H5ClFNO. The fourth-order valence-electron chi connectivity index (χ4n) is 0.631. The lowest BCUT2D eigenvalue weighted by Gasteiger charge is -1.92. The Labute approximate surface area is 74.0 Å². The highest BCUT2D eigenvalue weighted by Gasteiger charge is 1.99. The molecule has 0 aromatic carbocycles. The summed E-state index contributed by atoms with van der Waals surface area (Å²) in [6.45, 7) is -0.260. The van der Waals surface area contributed by atoms with E-state index in [0.29, 0.717) is 5.56 Å². The Hall–Kier alpha value is -1.11. The monoisotopic (exact) mass is 185 g/mol. The summed E-state index contributed by atoms with van der Waals surface area (Å²) < 4.78 is 12.7. The minimum atomic E-state index is -0.610. The predicted molar refractivity (Wildman–Crippen MR) is 43.2 cm³/mol. The van der Waals surface area contributed by atoms with E-state index in [0.717, 1.165) is 6.07 Å². The number of aliphatic hydroxyl groups is 1. The summed E-state index contributed by atoms with van der Waals surface area (Å²) in [4.78, 5) is 3.54. The normalized spacial score (nSPS) is 8.92. The molecule has 0 fully saturated rings. The molecule has 1 rings (SSSR count). The second-order valence-corrected chi connectivity index (χ2v) is 2.31. The Bertz CT molecular complexity index is 343. The Balaban J connectivity index is 2.97. The van der Waals surface area contributed by atoms with Crippen LogP contribution in [-0.4, -0.2) is 16.7 Å². The van der Waals surface area contributed by atoms with E-state index in [-0.39, 0.29) is 11.8 Å². The van der Waals surface area contributed by atoms with Gasteiger partial charge in [0.2, 0.25) is 0 Å². The molecule has 0 amide bonds. The molecule has 2 nitrogen and oxygen atoms in total. The number of halogens is 2. The first-order valence-electron chi connectivity index (χ1n) is 3.15. The zero-order valence-electron chi connectivity index (χ0n) is 6.01. The maximum absolute atomic E-state index is 12.7. The van der Waals surface area contributed by atoms with Crippen molar-refractivity contribution in [1.82, 2.24) is 4.98 Å². The molecule has 62 valence electrons. The number of nitrogens with zero attached hydrogens (tertiary/aromatic N) is 1. The summed E-state index contributed by atoms with van der Waals surface area (Å²) in [7, 11) is 0. The van der Waals surface area contributed by atoms with Gasteiger partial charge in [0.1, 0.15) is 6.61 Å². The van der Waals surface area contributed by atoms with Gasteiger partial charge in [0.25, 0.3) is 0 Å². The Morgan fingerprint density at radius 3 is 3.00 bits per heavy atom. The van der Waals surface area contributed by atoms with Crippen LogP contribution in [0.5, 0.6) is 0 Å². The minimum absolute atomic E-state index is 0.176. The molecule has 0 aliphatic heterocycles. The third-order valence-corrected chi connectivity index (χ3v) is 1.39. The summed E-state index contributed by atoms with van der Waals surface area (Å²) >= 11 is 5.33. The van der Waals surface area contributed by atoms with Gasteiger partial charge in [0.15, 0.2) is 11.0 Å². The van der Waals surface area contributed by atoms with E-state index in [2.05, 4.69) is 16.8 Å². The lowest BCUT2D eigenvalue weighted by atomic mass is 10.3. The maximum atomic E-state index is 12.7. The van der Waals surface area contributed by atoms with Crippen LogP contribution in [-0.2, 0) is 0 Å². The molecule has 0 aliphatic carbocycles. The van der Waals surface area contributed by atoms with Gasteiger partial charge < -0.3 is 5.11 Å². The average molecular weight is 186 g/mol. The van der Waals surface area contributed by atoms with Crippen LogP contribution in [0.25, 0.3) is 0 Å². The first-order valence-corrected chi connectivity index (χ1v) is 3.52. The lowest BCUT2D eigenvalue weighted by Crippen LogP contribution is -1.85. The number of aliphatic hydroxyl groups excluding tert-OH is 1. The van der Waals surface area contributed by atoms with Crippen molar-refractivity contribution in [1.29, 1.82) is 0 Å². The molecule has 0 atom stereocenters. The number of rotatable bonds is 0. The van der Waals surface area contributed by atoms with Crippen LogP contribution in [0.3, 0.4) is 0 Å². The van der Waals surface area contributed by atoms with Crippen molar-refractivity contribution in [3.8, 4) is 11.8 Å². The van der Waals surface area contributed by atoms with Crippen molar-refractivity contribution >= 4 is 11.6 Å². The number of pyridine rings is 1. The molecule has 0 saturated heterocycles. The van der Waals surface area contributed by atoms with Crippen molar-refractivity contribution in [2.75, 3.05) is 6.61 Å². The van der Waals surface area contributed by atoms with E-state index in [1.54, 1.807) is 0 Å². The van der Waals surface area contributed by atoms with Gasteiger partial charge in [-0.15, -0.1) is 0 Å². The van der Waals surface area contributed by atoms with Crippen molar-refractivity contribution < 1.29 is 9.50 Å². The van der Waals surface area contributed by atoms with Gasteiger partial charge in [0.05, 0.1) is 0 Å². The number of hydrogen-bond acceptors (Lipinski definition) is 2. The van der Waals surface area contributed by atoms with Gasteiger partial charge >= 0.3 is 0 Å². The van der Waals surface area contributed by atoms with Crippen molar-refractivity contribution in [2.24, 2.45) is 0 Å². The summed E-state index contributed by atoms with van der Waals surface area (Å²) in [5, 5.41) is 8.16. The van der Waals surface area contributed by atoms with Crippen LogP contribution in [0.1, 0.15) is 5.56 Å². The number of hydrogen-bond donors (Lipinski definition) is 1. The molecule has 0 aliphatic rings. The molecule has 12 heavy (non-hydrogen) atoms. The van der Waals surface area contributed by atoms with E-state index in [1.807, 2.05) is 0 Å². The Morgan fingerprint density at radius 1 is 1.67 bits per heavy atom. The van der Waals surface area contributed by atoms with E-state index < -0.39 is 5.82 Å². The molecular weight excluding hydrogens is 181 g/mol. The first kappa shape index (κ1) is 8.98. The molecule has 0 radical (unpaired) electrons. The molecule has 0 unspecified atom stereocenters. The van der Waals surface area contributed by atoms with Crippen LogP contribution in [0.15, 0.2) is 12.3 Å². The Kier molecular flexibility index (Phi) is 3.03. The molecule has 1 aromatic heterocycles. The second kappa shape index (κ2) is 4.05. The standard InChI is InChI=1S/C8H5ClFNO/c9-8-7(10)4-6(5-11-8)2-1-3-12/h4-5,12H,3H2. The Morgan fingerprint density at radius 2 is 2.42 bits per heavy atom. The highest BCUT2D eigenvalue weighted by Crippen LogP contribution is 2.10. The van der Waals surface area contributed by atoms with E-state index in [4.69, 9.17) is 16.7 Å². The van der Waals surface area contributed by atoms with Gasteiger partial charge in [-0.05, 0) is 6.07 Å². The first-order chi connectivity index (χ1) is 5.74. The van der Waals surface area contributed by atoms with E-state index in [1.165, 1.54) is 6.20 Å². The van der Waals surface area contributed by atoms with Crippen LogP contribution in [0.2, 0.25) is 5.15 Å². The summed E-state index contributed by atoms with van der Waals surface area (Å²) in [6.07, 6.45) is 1.34. The highest BCUT2D eigenvalue weighted by atomic mass is 35.5. The molecule has 0 spiro atoms. The van der Waals surface area contributed by atoms with Gasteiger partial charge in [-0.1, -0.05) is 23.4 Å². The predicted octanol–water partition coefficient (Wildman–Crippen LogP) is 1.22. The van der Waals surface area contributed by atoms with Gasteiger partial charge in [0, 0.05) is 11.8 Å². The SMILES string of the molecule is OCC#Cc1cnc(Cl)c(F)c1. The molecule has 1 aromatic rings. The summed E-state index contributed by atoms with van der Waals surface area (Å²) in [5.41, 5.74) is 0.394. The van der Waals surface area contributed by atoms with Gasteiger partial charge in [-0.3, -0.25) is 0 Å². The van der Waals surface area contributed by atoms with Crippen molar-refractivity contribution in [3.63, 3.8) is 0 Å². The van der Waals surface area contributed by atoms with Gasteiger partial charge in [-0.2, -0.15) is 0 Å². The van der Waals surface area contributed by atoms with Crippen LogP contribution < -0.4 is 0 Å². The topological polar surface area (TPSA) is 33.1 Å². The third kappa shape index (κ3) is 2.19. The molecule has 1 N–H and O–H groups in total. The molecule has 0 saturated carbocycles. The highest BCUT2D eigenvalue weighted by molar-refractivity contribution is 6.29. The average Bonchev–Trinajstić information content (AvgIpc) is 2.07. The maximum Gasteiger partial charge on any atom is 0.164 e. The minimum Gasteiger partial charge on any atom is -0.384 e. The zero-order valence-corrected chi connectivity index (χ0v) is 6.77. The fourth-order valence-corrected chi connectivity index (χ4v) is 0.735. The largest absolute Gasteiger partial charge is 0.384 e.